The van der Waals surface area contributed by atoms with Crippen molar-refractivity contribution in [1.82, 2.24) is 9.97 Å². The minimum Gasteiger partial charge on any atom is -0.462 e. The van der Waals surface area contributed by atoms with Crippen LogP contribution in [0.3, 0.4) is 0 Å². The number of hydrogen-bond acceptors (Lipinski definition) is 7. The van der Waals surface area contributed by atoms with E-state index in [1.165, 1.54) is 0 Å². The van der Waals surface area contributed by atoms with E-state index in [0.29, 0.717) is 36.6 Å². The van der Waals surface area contributed by atoms with Gasteiger partial charge in [-0.25, -0.2) is 9.78 Å². The molecule has 1 aromatic carbocycles. The van der Waals surface area contributed by atoms with Gasteiger partial charge in [0, 0.05) is 44.0 Å². The van der Waals surface area contributed by atoms with E-state index in [1.807, 2.05) is 24.3 Å². The quantitative estimate of drug-likeness (QED) is 0.620. The van der Waals surface area contributed by atoms with Gasteiger partial charge in [-0.05, 0) is 31.5 Å². The molecule has 3 heterocycles. The standard InChI is InChI=1S/C23H23N5O2/c1-2-30-23(29)19-16-26-20-9-4-3-8-18(20)21(19)27-11-6-12-28(14-13-27)22-17(15-24)7-5-10-25-22/h3-5,7-10,16H,2,6,11-14H2,1H3. The topological polar surface area (TPSA) is 82.3 Å². The van der Waals surface area contributed by atoms with Crippen LogP contribution in [0.5, 0.6) is 0 Å². The van der Waals surface area contributed by atoms with Crippen LogP contribution in [-0.2, 0) is 4.74 Å². The van der Waals surface area contributed by atoms with Crippen molar-refractivity contribution in [3.05, 3.63) is 59.9 Å². The van der Waals surface area contributed by atoms with Crippen LogP contribution in [0.2, 0.25) is 0 Å². The van der Waals surface area contributed by atoms with Gasteiger partial charge in [0.05, 0.1) is 23.4 Å². The second kappa shape index (κ2) is 8.78. The molecule has 1 aliphatic rings. The van der Waals surface area contributed by atoms with Crippen LogP contribution in [0.4, 0.5) is 11.5 Å². The van der Waals surface area contributed by atoms with Gasteiger partial charge in [0.15, 0.2) is 0 Å². The molecule has 1 aliphatic heterocycles. The second-order valence-corrected chi connectivity index (χ2v) is 7.07. The largest absolute Gasteiger partial charge is 0.462 e. The molecule has 30 heavy (non-hydrogen) atoms. The zero-order valence-electron chi connectivity index (χ0n) is 16.9. The van der Waals surface area contributed by atoms with E-state index in [9.17, 15) is 10.1 Å². The number of hydrogen-bond donors (Lipinski definition) is 0. The Bertz CT molecular complexity index is 1110. The molecule has 0 atom stereocenters. The highest BCUT2D eigenvalue weighted by Gasteiger charge is 2.24. The summed E-state index contributed by atoms with van der Waals surface area (Å²) in [5.74, 6) is 0.357. The van der Waals surface area contributed by atoms with Crippen molar-refractivity contribution >= 4 is 28.4 Å². The summed E-state index contributed by atoms with van der Waals surface area (Å²) in [6, 6.07) is 13.6. The highest BCUT2D eigenvalue weighted by molar-refractivity contribution is 6.05. The SMILES string of the molecule is CCOC(=O)c1cnc2ccccc2c1N1CCCN(c2ncccc2C#N)CC1. The highest BCUT2D eigenvalue weighted by atomic mass is 16.5. The summed E-state index contributed by atoms with van der Waals surface area (Å²) in [6.07, 6.45) is 4.21. The molecular formula is C23H23N5O2. The molecule has 0 saturated carbocycles. The molecular weight excluding hydrogens is 378 g/mol. The number of benzene rings is 1. The maximum atomic E-state index is 12.7. The number of nitriles is 1. The molecule has 0 spiro atoms. The van der Waals surface area contributed by atoms with Crippen molar-refractivity contribution in [2.45, 2.75) is 13.3 Å². The normalized spacial score (nSPS) is 14.3. The molecule has 3 aromatic rings. The van der Waals surface area contributed by atoms with Crippen molar-refractivity contribution in [3.63, 3.8) is 0 Å². The van der Waals surface area contributed by atoms with Crippen molar-refractivity contribution in [2.24, 2.45) is 0 Å². The predicted octanol–water partition coefficient (Wildman–Crippen LogP) is 3.39. The van der Waals surface area contributed by atoms with Crippen molar-refractivity contribution < 1.29 is 9.53 Å². The van der Waals surface area contributed by atoms with E-state index in [2.05, 4.69) is 25.8 Å². The number of carbonyl (C=O) groups excluding carboxylic acids is 1. The zero-order chi connectivity index (χ0) is 20.9. The van der Waals surface area contributed by atoms with E-state index < -0.39 is 0 Å². The summed E-state index contributed by atoms with van der Waals surface area (Å²) in [5, 5.41) is 10.4. The average Bonchev–Trinajstić information content (AvgIpc) is 3.04. The molecule has 1 fully saturated rings. The Morgan fingerprint density at radius 2 is 1.90 bits per heavy atom. The molecule has 0 amide bonds. The molecule has 152 valence electrons. The van der Waals surface area contributed by atoms with E-state index in [-0.39, 0.29) is 5.97 Å². The van der Waals surface area contributed by atoms with Gasteiger partial charge in [0.1, 0.15) is 17.5 Å². The molecule has 0 bridgehead atoms. The summed E-state index contributed by atoms with van der Waals surface area (Å²) < 4.78 is 5.30. The number of anilines is 2. The van der Waals surface area contributed by atoms with Gasteiger partial charge in [0.2, 0.25) is 0 Å². The van der Waals surface area contributed by atoms with Crippen molar-refractivity contribution in [3.8, 4) is 6.07 Å². The van der Waals surface area contributed by atoms with Gasteiger partial charge in [-0.3, -0.25) is 4.98 Å². The Balaban J connectivity index is 1.70. The van der Waals surface area contributed by atoms with Crippen LogP contribution < -0.4 is 9.80 Å². The van der Waals surface area contributed by atoms with Crippen LogP contribution in [0.15, 0.2) is 48.8 Å². The molecule has 0 aliphatic carbocycles. The van der Waals surface area contributed by atoms with Gasteiger partial charge in [-0.1, -0.05) is 18.2 Å². The van der Waals surface area contributed by atoms with E-state index in [4.69, 9.17) is 4.74 Å². The van der Waals surface area contributed by atoms with Crippen molar-refractivity contribution in [1.29, 1.82) is 5.26 Å². The first-order valence-electron chi connectivity index (χ1n) is 10.1. The maximum absolute atomic E-state index is 12.7. The minimum atomic E-state index is -0.358. The molecule has 7 nitrogen and oxygen atoms in total. The Morgan fingerprint density at radius 3 is 2.73 bits per heavy atom. The van der Waals surface area contributed by atoms with Crippen LogP contribution in [0.1, 0.15) is 29.3 Å². The van der Waals surface area contributed by atoms with E-state index in [1.54, 1.807) is 31.5 Å². The Hall–Kier alpha value is -3.66. The monoisotopic (exact) mass is 401 g/mol. The first kappa shape index (κ1) is 19.6. The second-order valence-electron chi connectivity index (χ2n) is 7.07. The summed E-state index contributed by atoms with van der Waals surface area (Å²) in [7, 11) is 0. The van der Waals surface area contributed by atoms with Gasteiger partial charge >= 0.3 is 5.97 Å². The first-order valence-corrected chi connectivity index (χ1v) is 10.1. The number of para-hydroxylation sites is 1. The van der Waals surface area contributed by atoms with E-state index in [0.717, 1.165) is 36.1 Å². The number of nitrogens with zero attached hydrogens (tertiary/aromatic N) is 5. The number of ether oxygens (including phenoxy) is 1. The lowest BCUT2D eigenvalue weighted by Gasteiger charge is -2.27. The first-order chi connectivity index (χ1) is 14.7. The molecule has 2 aromatic heterocycles. The average molecular weight is 401 g/mol. The van der Waals surface area contributed by atoms with Gasteiger partial charge in [-0.2, -0.15) is 5.26 Å². The van der Waals surface area contributed by atoms with Gasteiger partial charge in [0.25, 0.3) is 0 Å². The van der Waals surface area contributed by atoms with Gasteiger partial charge < -0.3 is 14.5 Å². The number of pyridine rings is 2. The third-order valence-electron chi connectivity index (χ3n) is 5.26. The summed E-state index contributed by atoms with van der Waals surface area (Å²) in [4.78, 5) is 25.9. The third kappa shape index (κ3) is 3.77. The number of aromatic nitrogens is 2. The Morgan fingerprint density at radius 1 is 1.10 bits per heavy atom. The lowest BCUT2D eigenvalue weighted by atomic mass is 10.1. The predicted molar refractivity (Wildman–Crippen MR) is 116 cm³/mol. The lowest BCUT2D eigenvalue weighted by molar-refractivity contribution is 0.0527. The fourth-order valence-electron chi connectivity index (χ4n) is 3.91. The van der Waals surface area contributed by atoms with Crippen LogP contribution >= 0.6 is 0 Å². The fraction of sp³-hybridized carbons (Fsp3) is 0.304. The van der Waals surface area contributed by atoms with Crippen LogP contribution in [0, 0.1) is 11.3 Å². The number of esters is 1. The van der Waals surface area contributed by atoms with Gasteiger partial charge in [-0.15, -0.1) is 0 Å². The smallest absolute Gasteiger partial charge is 0.341 e. The Kier molecular flexibility index (Phi) is 5.75. The molecule has 0 radical (unpaired) electrons. The number of fused-ring (bicyclic) bond motifs is 1. The molecule has 0 unspecified atom stereocenters. The third-order valence-corrected chi connectivity index (χ3v) is 5.26. The molecule has 0 N–H and O–H groups in total. The van der Waals surface area contributed by atoms with Crippen LogP contribution in [0.25, 0.3) is 10.9 Å². The Labute approximate surface area is 175 Å². The lowest BCUT2D eigenvalue weighted by Crippen LogP contribution is -2.32. The summed E-state index contributed by atoms with van der Waals surface area (Å²) in [5.41, 5.74) is 2.77. The number of rotatable bonds is 4. The van der Waals surface area contributed by atoms with Crippen LogP contribution in [-0.4, -0.2) is 48.7 Å². The maximum Gasteiger partial charge on any atom is 0.341 e. The number of carbonyl (C=O) groups is 1. The zero-order valence-corrected chi connectivity index (χ0v) is 16.9. The fourth-order valence-corrected chi connectivity index (χ4v) is 3.91. The summed E-state index contributed by atoms with van der Waals surface area (Å²) >= 11 is 0. The van der Waals surface area contributed by atoms with Crippen molar-refractivity contribution in [2.75, 3.05) is 42.6 Å². The highest BCUT2D eigenvalue weighted by Crippen LogP contribution is 2.31. The molecule has 1 saturated heterocycles. The van der Waals surface area contributed by atoms with E-state index >= 15 is 0 Å². The molecule has 4 rings (SSSR count). The summed E-state index contributed by atoms with van der Waals surface area (Å²) in [6.45, 7) is 5.09. The minimum absolute atomic E-state index is 0.315. The molecule has 7 heteroatoms.